The molecule has 4 rings (SSSR count). The second kappa shape index (κ2) is 7.21. The summed E-state index contributed by atoms with van der Waals surface area (Å²) in [6.07, 6.45) is -0.883. The average Bonchev–Trinajstić information content (AvgIpc) is 3.02. The van der Waals surface area contributed by atoms with Crippen LogP contribution in [-0.4, -0.2) is 25.5 Å². The number of carbonyl (C=O) groups is 1. The molecule has 4 aromatic rings. The molecule has 1 aromatic carbocycles. The Morgan fingerprint density at radius 1 is 1.13 bits per heavy atom. The molecule has 0 aliphatic carbocycles. The van der Waals surface area contributed by atoms with Crippen LogP contribution in [-0.2, 0) is 6.18 Å². The van der Waals surface area contributed by atoms with Crippen LogP contribution in [0.4, 0.5) is 23.2 Å². The summed E-state index contributed by atoms with van der Waals surface area (Å²) < 4.78 is 54.8. The standard InChI is InChI=1S/C20H13F4N5O/c1-11-17(19(30)26-13-8-12(21)9-25-10-13)18-27-16(6-7-29(18)28-11)14-4-2-3-5-15(14)20(22,23)24/h2-10H,1H3,(H,26,30). The number of alkyl halides is 3. The van der Waals surface area contributed by atoms with Crippen molar-refractivity contribution in [2.45, 2.75) is 13.1 Å². The van der Waals surface area contributed by atoms with Crippen molar-refractivity contribution >= 4 is 17.2 Å². The smallest absolute Gasteiger partial charge is 0.320 e. The number of anilines is 1. The maximum absolute atomic E-state index is 13.4. The van der Waals surface area contributed by atoms with Gasteiger partial charge in [-0.2, -0.15) is 18.3 Å². The van der Waals surface area contributed by atoms with Gasteiger partial charge >= 0.3 is 6.18 Å². The summed E-state index contributed by atoms with van der Waals surface area (Å²) >= 11 is 0. The van der Waals surface area contributed by atoms with Gasteiger partial charge in [0.05, 0.1) is 35.0 Å². The number of benzene rings is 1. The Balaban J connectivity index is 1.80. The van der Waals surface area contributed by atoms with Crippen molar-refractivity contribution in [2.75, 3.05) is 5.32 Å². The Hall–Kier alpha value is -3.82. The predicted octanol–water partition coefficient (Wildman–Crippen LogP) is 4.51. The third-order valence-electron chi connectivity index (χ3n) is 4.36. The van der Waals surface area contributed by atoms with Crippen molar-refractivity contribution in [2.24, 2.45) is 0 Å². The van der Waals surface area contributed by atoms with Crippen LogP contribution in [0, 0.1) is 12.7 Å². The van der Waals surface area contributed by atoms with Crippen LogP contribution < -0.4 is 5.32 Å². The zero-order valence-corrected chi connectivity index (χ0v) is 15.4. The lowest BCUT2D eigenvalue weighted by Crippen LogP contribution is -2.14. The number of amides is 1. The van der Waals surface area contributed by atoms with E-state index < -0.39 is 23.5 Å². The Morgan fingerprint density at radius 2 is 1.90 bits per heavy atom. The zero-order chi connectivity index (χ0) is 21.5. The molecule has 0 aliphatic rings. The van der Waals surface area contributed by atoms with Crippen molar-refractivity contribution in [3.63, 3.8) is 0 Å². The van der Waals surface area contributed by atoms with E-state index in [0.717, 1.165) is 18.3 Å². The highest BCUT2D eigenvalue weighted by molar-refractivity contribution is 6.09. The summed E-state index contributed by atoms with van der Waals surface area (Å²) in [7, 11) is 0. The first-order chi connectivity index (χ1) is 14.2. The highest BCUT2D eigenvalue weighted by atomic mass is 19.4. The third kappa shape index (κ3) is 3.59. The van der Waals surface area contributed by atoms with Crippen molar-refractivity contribution in [1.82, 2.24) is 19.6 Å². The van der Waals surface area contributed by atoms with Gasteiger partial charge in [-0.3, -0.25) is 9.78 Å². The van der Waals surface area contributed by atoms with Gasteiger partial charge < -0.3 is 5.32 Å². The third-order valence-corrected chi connectivity index (χ3v) is 4.36. The van der Waals surface area contributed by atoms with Crippen LogP contribution in [0.5, 0.6) is 0 Å². The van der Waals surface area contributed by atoms with E-state index >= 15 is 0 Å². The number of halogens is 4. The maximum Gasteiger partial charge on any atom is 0.417 e. The summed E-state index contributed by atoms with van der Waals surface area (Å²) in [5.41, 5.74) is -0.351. The SMILES string of the molecule is Cc1nn2ccc(-c3ccccc3C(F)(F)F)nc2c1C(=O)Nc1cncc(F)c1. The number of nitrogens with one attached hydrogen (secondary N) is 1. The molecular formula is C20H13F4N5O. The zero-order valence-electron chi connectivity index (χ0n) is 15.4. The number of fused-ring (bicyclic) bond motifs is 1. The van der Waals surface area contributed by atoms with Gasteiger partial charge in [0, 0.05) is 17.8 Å². The van der Waals surface area contributed by atoms with E-state index in [0.29, 0.717) is 5.69 Å². The minimum absolute atomic E-state index is 0.0387. The lowest BCUT2D eigenvalue weighted by molar-refractivity contribution is -0.137. The van der Waals surface area contributed by atoms with Gasteiger partial charge in [-0.1, -0.05) is 18.2 Å². The first-order valence-corrected chi connectivity index (χ1v) is 8.68. The fourth-order valence-electron chi connectivity index (χ4n) is 3.08. The summed E-state index contributed by atoms with van der Waals surface area (Å²) in [6.45, 7) is 1.57. The molecule has 1 amide bonds. The molecule has 0 spiro atoms. The summed E-state index contributed by atoms with van der Waals surface area (Å²) in [5.74, 6) is -1.27. The molecule has 10 heteroatoms. The number of nitrogens with zero attached hydrogens (tertiary/aromatic N) is 4. The van der Waals surface area contributed by atoms with Crippen LogP contribution in [0.25, 0.3) is 16.9 Å². The highest BCUT2D eigenvalue weighted by Gasteiger charge is 2.33. The fourth-order valence-corrected chi connectivity index (χ4v) is 3.08. The van der Waals surface area contributed by atoms with E-state index in [4.69, 9.17) is 0 Å². The normalized spacial score (nSPS) is 11.6. The molecule has 0 bridgehead atoms. The highest BCUT2D eigenvalue weighted by Crippen LogP contribution is 2.36. The molecule has 0 aliphatic heterocycles. The molecule has 0 saturated carbocycles. The van der Waals surface area contributed by atoms with Crippen LogP contribution in [0.1, 0.15) is 21.6 Å². The number of pyridine rings is 1. The molecule has 0 fully saturated rings. The molecule has 3 heterocycles. The molecule has 1 N–H and O–H groups in total. The minimum atomic E-state index is -4.56. The van der Waals surface area contributed by atoms with Crippen LogP contribution in [0.2, 0.25) is 0 Å². The van der Waals surface area contributed by atoms with E-state index in [-0.39, 0.29) is 28.2 Å². The van der Waals surface area contributed by atoms with E-state index in [1.165, 1.54) is 41.2 Å². The minimum Gasteiger partial charge on any atom is -0.320 e. The van der Waals surface area contributed by atoms with E-state index in [1.54, 1.807) is 6.92 Å². The molecule has 0 unspecified atom stereocenters. The number of rotatable bonds is 3. The molecule has 0 radical (unpaired) electrons. The Labute approximate surface area is 167 Å². The largest absolute Gasteiger partial charge is 0.417 e. The summed E-state index contributed by atoms with van der Waals surface area (Å²) in [6, 6.07) is 7.52. The van der Waals surface area contributed by atoms with Gasteiger partial charge in [-0.15, -0.1) is 0 Å². The number of hydrogen-bond acceptors (Lipinski definition) is 4. The number of aryl methyl sites for hydroxylation is 1. The molecule has 0 atom stereocenters. The first kappa shape index (κ1) is 19.5. The quantitative estimate of drug-likeness (QED) is 0.500. The summed E-state index contributed by atoms with van der Waals surface area (Å²) in [4.78, 5) is 20.7. The summed E-state index contributed by atoms with van der Waals surface area (Å²) in [5, 5.41) is 6.68. The maximum atomic E-state index is 13.4. The topological polar surface area (TPSA) is 72.2 Å². The van der Waals surface area contributed by atoms with E-state index in [9.17, 15) is 22.4 Å². The van der Waals surface area contributed by atoms with Gasteiger partial charge in [-0.05, 0) is 19.1 Å². The average molecular weight is 415 g/mol. The molecule has 6 nitrogen and oxygen atoms in total. The molecule has 30 heavy (non-hydrogen) atoms. The lowest BCUT2D eigenvalue weighted by Gasteiger charge is -2.12. The Morgan fingerprint density at radius 3 is 2.63 bits per heavy atom. The molecule has 0 saturated heterocycles. The van der Waals surface area contributed by atoms with Gasteiger partial charge in [0.1, 0.15) is 11.4 Å². The lowest BCUT2D eigenvalue weighted by atomic mass is 10.0. The first-order valence-electron chi connectivity index (χ1n) is 8.68. The number of carbonyl (C=O) groups excluding carboxylic acids is 1. The number of hydrogen-bond donors (Lipinski definition) is 1. The molecular weight excluding hydrogens is 402 g/mol. The van der Waals surface area contributed by atoms with Crippen LogP contribution in [0.3, 0.4) is 0 Å². The second-order valence-corrected chi connectivity index (χ2v) is 6.43. The van der Waals surface area contributed by atoms with Crippen LogP contribution in [0.15, 0.2) is 55.0 Å². The molecule has 152 valence electrons. The van der Waals surface area contributed by atoms with Crippen molar-refractivity contribution in [1.29, 1.82) is 0 Å². The van der Waals surface area contributed by atoms with Crippen molar-refractivity contribution in [3.05, 3.63) is 77.6 Å². The Kier molecular flexibility index (Phi) is 4.69. The van der Waals surface area contributed by atoms with Crippen molar-refractivity contribution < 1.29 is 22.4 Å². The Bertz CT molecular complexity index is 1270. The fraction of sp³-hybridized carbons (Fsp3) is 0.100. The van der Waals surface area contributed by atoms with Crippen LogP contribution >= 0.6 is 0 Å². The van der Waals surface area contributed by atoms with Gasteiger partial charge in [0.25, 0.3) is 5.91 Å². The van der Waals surface area contributed by atoms with Gasteiger partial charge in [0.15, 0.2) is 5.65 Å². The molecule has 3 aromatic heterocycles. The second-order valence-electron chi connectivity index (χ2n) is 6.43. The van der Waals surface area contributed by atoms with E-state index in [2.05, 4.69) is 20.4 Å². The van der Waals surface area contributed by atoms with Crippen molar-refractivity contribution in [3.8, 4) is 11.3 Å². The predicted molar refractivity (Wildman–Crippen MR) is 100 cm³/mol. The monoisotopic (exact) mass is 415 g/mol. The number of aromatic nitrogens is 4. The van der Waals surface area contributed by atoms with E-state index in [1.807, 2.05) is 0 Å². The van der Waals surface area contributed by atoms with Gasteiger partial charge in [0.2, 0.25) is 0 Å². The van der Waals surface area contributed by atoms with Gasteiger partial charge in [-0.25, -0.2) is 13.9 Å².